The van der Waals surface area contributed by atoms with Gasteiger partial charge in [-0.25, -0.2) is 8.78 Å². The standard InChI is InChI=1S/C11H10F2N2O2/c1-6-8(3-9(16)17-2)15-5-7(4-14)10(6)11(12)13/h5,11H,3H2,1-2H3. The van der Waals surface area contributed by atoms with Gasteiger partial charge >= 0.3 is 5.97 Å². The molecule has 1 aromatic rings. The number of hydrogen-bond donors (Lipinski definition) is 0. The number of rotatable bonds is 3. The number of carbonyl (C=O) groups is 1. The first-order valence-corrected chi connectivity index (χ1v) is 4.74. The van der Waals surface area contributed by atoms with Gasteiger partial charge in [0.25, 0.3) is 6.43 Å². The van der Waals surface area contributed by atoms with E-state index in [4.69, 9.17) is 5.26 Å². The average molecular weight is 240 g/mol. The fraction of sp³-hybridized carbons (Fsp3) is 0.364. The normalized spacial score (nSPS) is 10.1. The van der Waals surface area contributed by atoms with E-state index in [-0.39, 0.29) is 28.8 Å². The second-order valence-electron chi connectivity index (χ2n) is 3.32. The number of methoxy groups -OCH3 is 1. The lowest BCUT2D eigenvalue weighted by Crippen LogP contribution is -2.10. The highest BCUT2D eigenvalue weighted by molar-refractivity contribution is 5.72. The maximum atomic E-state index is 12.8. The molecule has 90 valence electrons. The van der Waals surface area contributed by atoms with Crippen molar-refractivity contribution in [3.8, 4) is 6.07 Å². The summed E-state index contributed by atoms with van der Waals surface area (Å²) in [5, 5.41) is 8.70. The van der Waals surface area contributed by atoms with Crippen molar-refractivity contribution < 1.29 is 18.3 Å². The molecule has 4 nitrogen and oxygen atoms in total. The lowest BCUT2D eigenvalue weighted by atomic mass is 10.0. The zero-order valence-corrected chi connectivity index (χ0v) is 9.33. The van der Waals surface area contributed by atoms with Gasteiger partial charge in [-0.2, -0.15) is 5.26 Å². The van der Waals surface area contributed by atoms with Crippen LogP contribution in [0.1, 0.15) is 28.8 Å². The summed E-state index contributed by atoms with van der Waals surface area (Å²) in [6, 6.07) is 1.65. The minimum absolute atomic E-state index is 0.157. The minimum Gasteiger partial charge on any atom is -0.469 e. The van der Waals surface area contributed by atoms with Gasteiger partial charge in [-0.3, -0.25) is 9.78 Å². The Balaban J connectivity index is 3.24. The number of alkyl halides is 2. The number of nitrogens with zero attached hydrogens (tertiary/aromatic N) is 2. The van der Waals surface area contributed by atoms with E-state index in [0.717, 1.165) is 6.20 Å². The first kappa shape index (κ1) is 13.0. The Labute approximate surface area is 96.8 Å². The Morgan fingerprint density at radius 2 is 2.29 bits per heavy atom. The van der Waals surface area contributed by atoms with Crippen molar-refractivity contribution in [1.29, 1.82) is 5.26 Å². The van der Waals surface area contributed by atoms with E-state index in [1.165, 1.54) is 14.0 Å². The Bertz CT molecular complexity index is 481. The summed E-state index contributed by atoms with van der Waals surface area (Å²) in [4.78, 5) is 14.9. The summed E-state index contributed by atoms with van der Waals surface area (Å²) >= 11 is 0. The largest absolute Gasteiger partial charge is 0.469 e. The number of aromatic nitrogens is 1. The SMILES string of the molecule is COC(=O)Cc1ncc(C#N)c(C(F)F)c1C. The maximum absolute atomic E-state index is 12.8. The molecule has 0 saturated heterocycles. The van der Waals surface area contributed by atoms with Crippen LogP contribution in [0.2, 0.25) is 0 Å². The Hall–Kier alpha value is -2.03. The molecule has 0 N–H and O–H groups in total. The molecule has 17 heavy (non-hydrogen) atoms. The van der Waals surface area contributed by atoms with Crippen molar-refractivity contribution in [3.05, 3.63) is 28.6 Å². The van der Waals surface area contributed by atoms with E-state index in [2.05, 4.69) is 9.72 Å². The third-order valence-corrected chi connectivity index (χ3v) is 2.35. The van der Waals surface area contributed by atoms with Crippen molar-refractivity contribution in [3.63, 3.8) is 0 Å². The summed E-state index contributed by atoms with van der Waals surface area (Å²) in [6.45, 7) is 1.41. The molecular weight excluding hydrogens is 230 g/mol. The summed E-state index contributed by atoms with van der Waals surface area (Å²) < 4.78 is 30.0. The van der Waals surface area contributed by atoms with Crippen LogP contribution >= 0.6 is 0 Å². The lowest BCUT2D eigenvalue weighted by Gasteiger charge is -2.10. The summed E-state index contributed by atoms with van der Waals surface area (Å²) in [5.74, 6) is -0.564. The smallest absolute Gasteiger partial charge is 0.311 e. The highest BCUT2D eigenvalue weighted by Gasteiger charge is 2.20. The van der Waals surface area contributed by atoms with Crippen molar-refractivity contribution in [1.82, 2.24) is 4.98 Å². The number of esters is 1. The molecule has 0 radical (unpaired) electrons. The molecule has 0 amide bonds. The summed E-state index contributed by atoms with van der Waals surface area (Å²) in [5.41, 5.74) is -0.192. The predicted octanol–water partition coefficient (Wildman–Crippen LogP) is 1.91. The first-order chi connectivity index (χ1) is 8.01. The molecule has 0 fully saturated rings. The third-order valence-electron chi connectivity index (χ3n) is 2.35. The average Bonchev–Trinajstić information content (AvgIpc) is 2.30. The number of pyridine rings is 1. The number of ether oxygens (including phenoxy) is 1. The molecule has 0 atom stereocenters. The van der Waals surface area contributed by atoms with Crippen LogP contribution < -0.4 is 0 Å². The van der Waals surface area contributed by atoms with E-state index < -0.39 is 12.4 Å². The van der Waals surface area contributed by atoms with Crippen LogP contribution in [0.4, 0.5) is 8.78 Å². The molecule has 0 aliphatic heterocycles. The number of nitriles is 1. The van der Waals surface area contributed by atoms with Crippen LogP contribution in [-0.4, -0.2) is 18.1 Å². The van der Waals surface area contributed by atoms with E-state index in [1.807, 2.05) is 0 Å². The van der Waals surface area contributed by atoms with Crippen LogP contribution in [-0.2, 0) is 16.0 Å². The van der Waals surface area contributed by atoms with Gasteiger partial charge in [-0.1, -0.05) is 0 Å². The molecule has 6 heteroatoms. The van der Waals surface area contributed by atoms with Crippen LogP contribution in [0.3, 0.4) is 0 Å². The van der Waals surface area contributed by atoms with Gasteiger partial charge in [0, 0.05) is 11.8 Å². The van der Waals surface area contributed by atoms with Crippen LogP contribution in [0.25, 0.3) is 0 Å². The summed E-state index contributed by atoms with van der Waals surface area (Å²) in [6.07, 6.45) is -1.91. The maximum Gasteiger partial charge on any atom is 0.311 e. The van der Waals surface area contributed by atoms with Gasteiger partial charge in [0.2, 0.25) is 0 Å². The highest BCUT2D eigenvalue weighted by Crippen LogP contribution is 2.27. The fourth-order valence-electron chi connectivity index (χ4n) is 1.42. The molecule has 1 heterocycles. The molecule has 0 spiro atoms. The zero-order chi connectivity index (χ0) is 13.0. The summed E-state index contributed by atoms with van der Waals surface area (Å²) in [7, 11) is 1.20. The molecule has 0 aromatic carbocycles. The monoisotopic (exact) mass is 240 g/mol. The molecule has 0 aliphatic rings. The van der Waals surface area contributed by atoms with Gasteiger partial charge in [0.1, 0.15) is 6.07 Å². The quantitative estimate of drug-likeness (QED) is 0.757. The number of halogens is 2. The Morgan fingerprint density at radius 3 is 2.76 bits per heavy atom. The van der Waals surface area contributed by atoms with E-state index in [0.29, 0.717) is 0 Å². The minimum atomic E-state index is -2.77. The Morgan fingerprint density at radius 1 is 1.65 bits per heavy atom. The van der Waals surface area contributed by atoms with E-state index >= 15 is 0 Å². The molecule has 0 aliphatic carbocycles. The first-order valence-electron chi connectivity index (χ1n) is 4.74. The van der Waals surface area contributed by atoms with Gasteiger partial charge in [0.15, 0.2) is 0 Å². The molecule has 1 aromatic heterocycles. The third kappa shape index (κ3) is 2.75. The van der Waals surface area contributed by atoms with Gasteiger partial charge in [-0.05, 0) is 12.5 Å². The number of hydrogen-bond acceptors (Lipinski definition) is 4. The van der Waals surface area contributed by atoms with Crippen molar-refractivity contribution in [2.75, 3.05) is 7.11 Å². The van der Waals surface area contributed by atoms with Crippen molar-refractivity contribution in [2.45, 2.75) is 19.8 Å². The highest BCUT2D eigenvalue weighted by atomic mass is 19.3. The molecular formula is C11H10F2N2O2. The second kappa shape index (κ2) is 5.34. The molecule has 0 saturated carbocycles. The lowest BCUT2D eigenvalue weighted by molar-refractivity contribution is -0.139. The van der Waals surface area contributed by atoms with Gasteiger partial charge in [0.05, 0.1) is 24.8 Å². The molecule has 0 unspecified atom stereocenters. The van der Waals surface area contributed by atoms with Crippen LogP contribution in [0.15, 0.2) is 6.20 Å². The van der Waals surface area contributed by atoms with E-state index in [9.17, 15) is 13.6 Å². The van der Waals surface area contributed by atoms with Crippen molar-refractivity contribution in [2.24, 2.45) is 0 Å². The predicted molar refractivity (Wildman–Crippen MR) is 54.4 cm³/mol. The van der Waals surface area contributed by atoms with Gasteiger partial charge in [-0.15, -0.1) is 0 Å². The molecule has 0 bridgehead atoms. The van der Waals surface area contributed by atoms with Crippen LogP contribution in [0.5, 0.6) is 0 Å². The number of carbonyl (C=O) groups excluding carboxylic acids is 1. The van der Waals surface area contributed by atoms with Crippen LogP contribution in [0, 0.1) is 18.3 Å². The van der Waals surface area contributed by atoms with E-state index in [1.54, 1.807) is 6.07 Å². The zero-order valence-electron chi connectivity index (χ0n) is 9.33. The fourth-order valence-corrected chi connectivity index (χ4v) is 1.42. The Kier molecular flexibility index (Phi) is 4.10. The second-order valence-corrected chi connectivity index (χ2v) is 3.32. The topological polar surface area (TPSA) is 63.0 Å². The molecule has 1 rings (SSSR count). The van der Waals surface area contributed by atoms with Gasteiger partial charge < -0.3 is 4.74 Å². The van der Waals surface area contributed by atoms with Crippen molar-refractivity contribution >= 4 is 5.97 Å².